The number of carbonyl (C=O) groups is 1. The van der Waals surface area contributed by atoms with E-state index in [4.69, 9.17) is 0 Å². The summed E-state index contributed by atoms with van der Waals surface area (Å²) in [5, 5.41) is 2.89. The first kappa shape index (κ1) is 17.2. The molecule has 1 fully saturated rings. The molecule has 7 nitrogen and oxygen atoms in total. The van der Waals surface area contributed by atoms with Crippen LogP contribution in [0.4, 0.5) is 4.79 Å². The van der Waals surface area contributed by atoms with Gasteiger partial charge in [0.1, 0.15) is 0 Å². The minimum atomic E-state index is -3.07. The molecule has 0 spiro atoms. The summed E-state index contributed by atoms with van der Waals surface area (Å²) in [5.41, 5.74) is 0. The molecule has 1 aliphatic heterocycles. The van der Waals surface area contributed by atoms with Gasteiger partial charge >= 0.3 is 6.03 Å². The number of urea groups is 1. The van der Waals surface area contributed by atoms with Gasteiger partial charge in [0.05, 0.1) is 6.26 Å². The topological polar surface area (TPSA) is 73.0 Å². The summed E-state index contributed by atoms with van der Waals surface area (Å²) in [4.78, 5) is 15.6. The molecule has 1 heterocycles. The number of nitrogens with one attached hydrogen (secondary N) is 1. The fourth-order valence-electron chi connectivity index (χ4n) is 2.23. The average Bonchev–Trinajstić information content (AvgIpc) is 2.39. The molecule has 20 heavy (non-hydrogen) atoms. The van der Waals surface area contributed by atoms with Crippen molar-refractivity contribution in [3.8, 4) is 0 Å². The molecule has 1 rings (SSSR count). The Balaban J connectivity index is 2.24. The zero-order valence-corrected chi connectivity index (χ0v) is 13.4. The highest BCUT2D eigenvalue weighted by atomic mass is 32.2. The quantitative estimate of drug-likeness (QED) is 0.726. The lowest BCUT2D eigenvalue weighted by molar-refractivity contribution is 0.181. The summed E-state index contributed by atoms with van der Waals surface area (Å²) in [5.74, 6) is 0. The first-order chi connectivity index (χ1) is 9.38. The molecule has 0 aromatic carbocycles. The fourth-order valence-corrected chi connectivity index (χ4v) is 3.05. The first-order valence-electron chi connectivity index (χ1n) is 7.08. The molecule has 0 aromatic heterocycles. The third-order valence-electron chi connectivity index (χ3n) is 3.56. The van der Waals surface area contributed by atoms with E-state index in [1.165, 1.54) is 10.6 Å². The van der Waals surface area contributed by atoms with Gasteiger partial charge in [0.15, 0.2) is 0 Å². The molecule has 118 valence electrons. The first-order valence-corrected chi connectivity index (χ1v) is 8.93. The number of rotatable bonds is 6. The van der Waals surface area contributed by atoms with E-state index < -0.39 is 10.0 Å². The minimum Gasteiger partial charge on any atom is -0.337 e. The Kier molecular flexibility index (Phi) is 6.70. The van der Waals surface area contributed by atoms with Crippen molar-refractivity contribution in [2.75, 3.05) is 58.6 Å². The van der Waals surface area contributed by atoms with E-state index in [1.807, 2.05) is 13.8 Å². The van der Waals surface area contributed by atoms with E-state index in [1.54, 1.807) is 4.90 Å². The van der Waals surface area contributed by atoms with Crippen LogP contribution in [0.25, 0.3) is 0 Å². The number of sulfonamides is 1. The summed E-state index contributed by atoms with van der Waals surface area (Å²) >= 11 is 0. The lowest BCUT2D eigenvalue weighted by Gasteiger charge is -2.33. The van der Waals surface area contributed by atoms with Gasteiger partial charge in [-0.3, -0.25) is 4.90 Å². The number of hydrogen-bond donors (Lipinski definition) is 1. The molecule has 8 heteroatoms. The van der Waals surface area contributed by atoms with Gasteiger partial charge in [-0.05, 0) is 13.8 Å². The molecule has 0 saturated carbocycles. The second-order valence-electron chi connectivity index (χ2n) is 4.91. The van der Waals surface area contributed by atoms with Crippen molar-refractivity contribution in [2.24, 2.45) is 0 Å². The molecule has 0 aliphatic carbocycles. The Labute approximate surface area is 121 Å². The van der Waals surface area contributed by atoms with E-state index in [2.05, 4.69) is 10.2 Å². The monoisotopic (exact) mass is 306 g/mol. The predicted octanol–water partition coefficient (Wildman–Crippen LogP) is -0.385. The molecule has 0 bridgehead atoms. The van der Waals surface area contributed by atoms with Crippen LogP contribution in [-0.2, 0) is 10.0 Å². The molecular formula is C12H26N4O3S. The Morgan fingerprint density at radius 3 is 2.15 bits per heavy atom. The summed E-state index contributed by atoms with van der Waals surface area (Å²) in [6, 6.07) is -0.0372. The molecule has 0 atom stereocenters. The molecule has 0 radical (unpaired) electrons. The average molecular weight is 306 g/mol. The lowest BCUT2D eigenvalue weighted by atomic mass is 10.3. The Morgan fingerprint density at radius 2 is 1.70 bits per heavy atom. The van der Waals surface area contributed by atoms with E-state index in [0.717, 1.165) is 6.54 Å². The maximum absolute atomic E-state index is 11.7. The molecule has 2 amide bonds. The maximum Gasteiger partial charge on any atom is 0.317 e. The van der Waals surface area contributed by atoms with Crippen LogP contribution in [0.5, 0.6) is 0 Å². The highest BCUT2D eigenvalue weighted by Gasteiger charge is 2.23. The third kappa shape index (κ3) is 5.26. The lowest BCUT2D eigenvalue weighted by Crippen LogP contribution is -2.50. The zero-order valence-electron chi connectivity index (χ0n) is 12.6. The Bertz CT molecular complexity index is 401. The predicted molar refractivity (Wildman–Crippen MR) is 79.2 cm³/mol. The number of piperazine rings is 1. The maximum atomic E-state index is 11.7. The Morgan fingerprint density at radius 1 is 1.15 bits per heavy atom. The van der Waals surface area contributed by atoms with Gasteiger partial charge in [-0.25, -0.2) is 13.2 Å². The van der Waals surface area contributed by atoms with Crippen LogP contribution in [-0.4, -0.2) is 87.2 Å². The number of hydrogen-bond acceptors (Lipinski definition) is 4. The van der Waals surface area contributed by atoms with Crippen LogP contribution >= 0.6 is 0 Å². The van der Waals surface area contributed by atoms with Crippen molar-refractivity contribution >= 4 is 16.1 Å². The zero-order chi connectivity index (χ0) is 15.2. The van der Waals surface area contributed by atoms with Crippen molar-refractivity contribution in [2.45, 2.75) is 13.8 Å². The Hall–Kier alpha value is -0.860. The SMILES string of the molecule is CCN(CC)C(=O)NCCN1CCN(S(C)(=O)=O)CC1. The number of carbonyl (C=O) groups excluding carboxylic acids is 1. The second kappa shape index (κ2) is 7.80. The van der Waals surface area contributed by atoms with Crippen LogP contribution in [0.1, 0.15) is 13.8 Å². The van der Waals surface area contributed by atoms with Crippen molar-refractivity contribution in [1.29, 1.82) is 0 Å². The standard InChI is InChI=1S/C12H26N4O3S/c1-4-15(5-2)12(17)13-6-7-14-8-10-16(11-9-14)20(3,18)19/h4-11H2,1-3H3,(H,13,17). The van der Waals surface area contributed by atoms with Crippen LogP contribution < -0.4 is 5.32 Å². The van der Waals surface area contributed by atoms with Crippen molar-refractivity contribution < 1.29 is 13.2 Å². The summed E-state index contributed by atoms with van der Waals surface area (Å²) in [6.45, 7) is 9.15. The third-order valence-corrected chi connectivity index (χ3v) is 4.86. The van der Waals surface area contributed by atoms with Gasteiger partial charge in [-0.2, -0.15) is 4.31 Å². The summed E-state index contributed by atoms with van der Waals surface area (Å²) in [6.07, 6.45) is 1.24. The highest BCUT2D eigenvalue weighted by Crippen LogP contribution is 2.05. The molecule has 1 N–H and O–H groups in total. The molecule has 1 aliphatic rings. The van der Waals surface area contributed by atoms with Gasteiger partial charge in [-0.15, -0.1) is 0 Å². The second-order valence-corrected chi connectivity index (χ2v) is 6.89. The van der Waals surface area contributed by atoms with E-state index >= 15 is 0 Å². The van der Waals surface area contributed by atoms with E-state index in [-0.39, 0.29) is 6.03 Å². The smallest absolute Gasteiger partial charge is 0.317 e. The highest BCUT2D eigenvalue weighted by molar-refractivity contribution is 7.88. The van der Waals surface area contributed by atoms with Crippen molar-refractivity contribution in [3.05, 3.63) is 0 Å². The normalized spacial score (nSPS) is 17.9. The van der Waals surface area contributed by atoms with Crippen LogP contribution in [0.15, 0.2) is 0 Å². The van der Waals surface area contributed by atoms with Crippen LogP contribution in [0, 0.1) is 0 Å². The van der Waals surface area contributed by atoms with Gasteiger partial charge in [0, 0.05) is 52.4 Å². The molecule has 0 unspecified atom stereocenters. The largest absolute Gasteiger partial charge is 0.337 e. The minimum absolute atomic E-state index is 0.0372. The summed E-state index contributed by atoms with van der Waals surface area (Å²) in [7, 11) is -3.07. The van der Waals surface area contributed by atoms with Gasteiger partial charge in [0.25, 0.3) is 0 Å². The number of nitrogens with zero attached hydrogens (tertiary/aromatic N) is 3. The van der Waals surface area contributed by atoms with Crippen molar-refractivity contribution in [1.82, 2.24) is 19.4 Å². The molecule has 1 saturated heterocycles. The number of amides is 2. The molecule has 0 aromatic rings. The van der Waals surface area contributed by atoms with Gasteiger partial charge in [0.2, 0.25) is 10.0 Å². The van der Waals surface area contributed by atoms with E-state index in [9.17, 15) is 13.2 Å². The van der Waals surface area contributed by atoms with E-state index in [0.29, 0.717) is 45.8 Å². The van der Waals surface area contributed by atoms with Gasteiger partial charge in [-0.1, -0.05) is 0 Å². The van der Waals surface area contributed by atoms with Gasteiger partial charge < -0.3 is 10.2 Å². The van der Waals surface area contributed by atoms with Crippen molar-refractivity contribution in [3.63, 3.8) is 0 Å². The fraction of sp³-hybridized carbons (Fsp3) is 0.917. The summed E-state index contributed by atoms with van der Waals surface area (Å²) < 4.78 is 24.3. The van der Waals surface area contributed by atoms with Crippen LogP contribution in [0.2, 0.25) is 0 Å². The van der Waals surface area contributed by atoms with Crippen LogP contribution in [0.3, 0.4) is 0 Å². The molecular weight excluding hydrogens is 280 g/mol.